The van der Waals surface area contributed by atoms with Crippen molar-refractivity contribution in [2.45, 2.75) is 39.2 Å². The largest absolute Gasteiger partial charge is 0.367 e. The van der Waals surface area contributed by atoms with E-state index < -0.39 is 5.60 Å². The molecule has 1 aromatic carbocycles. The Balaban J connectivity index is 2.43. The number of ketones is 1. The number of ether oxygens (including phenoxy) is 1. The van der Waals surface area contributed by atoms with Crippen LogP contribution >= 0.6 is 0 Å². The molecule has 0 bridgehead atoms. The number of carbonyl (C=O) groups is 1. The number of benzene rings is 1. The van der Waals surface area contributed by atoms with E-state index in [2.05, 4.69) is 10.3 Å². The number of aromatic nitrogens is 3. The van der Waals surface area contributed by atoms with Gasteiger partial charge in [0.25, 0.3) is 0 Å². The molecule has 21 heavy (non-hydrogen) atoms. The van der Waals surface area contributed by atoms with Gasteiger partial charge in [0.05, 0.1) is 11.9 Å². The summed E-state index contributed by atoms with van der Waals surface area (Å²) in [6, 6.07) is 9.52. The molecule has 0 saturated heterocycles. The van der Waals surface area contributed by atoms with Gasteiger partial charge in [-0.15, -0.1) is 5.10 Å². The summed E-state index contributed by atoms with van der Waals surface area (Å²) in [6.07, 6.45) is 2.75. The van der Waals surface area contributed by atoms with Crippen LogP contribution in [0.25, 0.3) is 5.69 Å². The number of Topliss-reactive ketones (excluding diaryl/α,β-unsaturated/α-hetero) is 1. The van der Waals surface area contributed by atoms with Gasteiger partial charge >= 0.3 is 0 Å². The number of rotatable bonds is 7. The summed E-state index contributed by atoms with van der Waals surface area (Å²) in [5.74, 6) is -0.0665. The van der Waals surface area contributed by atoms with Gasteiger partial charge in [0.15, 0.2) is 0 Å². The average Bonchev–Trinajstić information content (AvgIpc) is 3.02. The van der Waals surface area contributed by atoms with E-state index in [1.54, 1.807) is 4.68 Å². The molecule has 112 valence electrons. The highest BCUT2D eigenvalue weighted by Crippen LogP contribution is 2.26. The maximum atomic E-state index is 12.9. The zero-order valence-corrected chi connectivity index (χ0v) is 12.7. The third kappa shape index (κ3) is 2.88. The third-order valence-corrected chi connectivity index (χ3v) is 3.76. The van der Waals surface area contributed by atoms with Gasteiger partial charge in [0.1, 0.15) is 11.3 Å². The molecule has 0 aliphatic carbocycles. The van der Waals surface area contributed by atoms with Crippen molar-refractivity contribution in [1.82, 2.24) is 15.0 Å². The minimum absolute atomic E-state index is 0.0665. The van der Waals surface area contributed by atoms with Crippen molar-refractivity contribution in [2.75, 3.05) is 6.61 Å². The molecule has 0 fully saturated rings. The van der Waals surface area contributed by atoms with Crippen molar-refractivity contribution in [3.05, 3.63) is 42.2 Å². The van der Waals surface area contributed by atoms with E-state index in [-0.39, 0.29) is 5.78 Å². The van der Waals surface area contributed by atoms with E-state index in [4.69, 9.17) is 4.74 Å². The van der Waals surface area contributed by atoms with Crippen molar-refractivity contribution in [2.24, 2.45) is 0 Å². The first kappa shape index (κ1) is 15.4. The lowest BCUT2D eigenvalue weighted by Gasteiger charge is -2.29. The van der Waals surface area contributed by atoms with Crippen LogP contribution in [0.5, 0.6) is 0 Å². The Kier molecular flexibility index (Phi) is 4.85. The van der Waals surface area contributed by atoms with Crippen molar-refractivity contribution in [1.29, 1.82) is 0 Å². The number of para-hydroxylation sites is 1. The first-order valence-electron chi connectivity index (χ1n) is 7.33. The number of hydrogen-bond acceptors (Lipinski definition) is 4. The van der Waals surface area contributed by atoms with Crippen LogP contribution in [0.2, 0.25) is 0 Å². The van der Waals surface area contributed by atoms with E-state index in [9.17, 15) is 4.79 Å². The van der Waals surface area contributed by atoms with Crippen LogP contribution in [0, 0.1) is 0 Å². The second kappa shape index (κ2) is 6.63. The maximum Gasteiger partial charge on any atom is 0.214 e. The minimum atomic E-state index is -0.803. The summed E-state index contributed by atoms with van der Waals surface area (Å²) in [5, 5.41) is 7.94. The molecule has 0 N–H and O–H groups in total. The Morgan fingerprint density at radius 1 is 1.19 bits per heavy atom. The number of hydrogen-bond donors (Lipinski definition) is 0. The first-order chi connectivity index (χ1) is 10.2. The topological polar surface area (TPSA) is 57.0 Å². The summed E-state index contributed by atoms with van der Waals surface area (Å²) >= 11 is 0. The summed E-state index contributed by atoms with van der Waals surface area (Å²) in [5.41, 5.74) is 0.470. The van der Waals surface area contributed by atoms with Gasteiger partial charge in [-0.05, 0) is 31.9 Å². The van der Waals surface area contributed by atoms with Gasteiger partial charge in [-0.1, -0.05) is 37.3 Å². The molecule has 1 heterocycles. The molecular formula is C16H21N3O2. The molecule has 2 aromatic rings. The van der Waals surface area contributed by atoms with Gasteiger partial charge in [0.2, 0.25) is 5.78 Å². The van der Waals surface area contributed by atoms with E-state index in [0.717, 1.165) is 5.69 Å². The highest BCUT2D eigenvalue weighted by Gasteiger charge is 2.38. The van der Waals surface area contributed by atoms with Crippen LogP contribution in [-0.2, 0) is 4.74 Å². The third-order valence-electron chi connectivity index (χ3n) is 3.76. The normalized spacial score (nSPS) is 11.6. The molecule has 0 spiro atoms. The minimum Gasteiger partial charge on any atom is -0.367 e. The fourth-order valence-electron chi connectivity index (χ4n) is 2.50. The Hall–Kier alpha value is -2.01. The molecular weight excluding hydrogens is 266 g/mol. The zero-order chi connectivity index (χ0) is 15.3. The lowest BCUT2D eigenvalue weighted by Crippen LogP contribution is -2.41. The van der Waals surface area contributed by atoms with E-state index in [0.29, 0.717) is 25.1 Å². The molecule has 5 heteroatoms. The lowest BCUT2D eigenvalue weighted by molar-refractivity contribution is -0.0255. The van der Waals surface area contributed by atoms with Crippen LogP contribution in [-0.4, -0.2) is 33.0 Å². The Labute approximate surface area is 124 Å². The molecule has 1 aromatic heterocycles. The number of nitrogens with zero attached hydrogens (tertiary/aromatic N) is 3. The maximum absolute atomic E-state index is 12.9. The smallest absolute Gasteiger partial charge is 0.214 e. The lowest BCUT2D eigenvalue weighted by atomic mass is 9.90. The van der Waals surface area contributed by atoms with E-state index in [1.165, 1.54) is 6.20 Å². The van der Waals surface area contributed by atoms with E-state index >= 15 is 0 Å². The Morgan fingerprint density at radius 3 is 2.43 bits per heavy atom. The van der Waals surface area contributed by atoms with Crippen LogP contribution in [0.4, 0.5) is 0 Å². The van der Waals surface area contributed by atoms with Crippen LogP contribution < -0.4 is 0 Å². The number of carbonyl (C=O) groups excluding carboxylic acids is 1. The van der Waals surface area contributed by atoms with Crippen molar-refractivity contribution in [3.63, 3.8) is 0 Å². The second-order valence-electron chi connectivity index (χ2n) is 4.83. The first-order valence-corrected chi connectivity index (χ1v) is 7.33. The van der Waals surface area contributed by atoms with Gasteiger partial charge in [-0.2, -0.15) is 0 Å². The highest BCUT2D eigenvalue weighted by molar-refractivity contribution is 6.01. The monoisotopic (exact) mass is 287 g/mol. The van der Waals surface area contributed by atoms with Gasteiger partial charge in [0, 0.05) is 6.61 Å². The molecule has 0 unspecified atom stereocenters. The fourth-order valence-corrected chi connectivity index (χ4v) is 2.50. The van der Waals surface area contributed by atoms with Crippen molar-refractivity contribution in [3.8, 4) is 5.69 Å². The molecule has 0 amide bonds. The van der Waals surface area contributed by atoms with Crippen molar-refractivity contribution < 1.29 is 9.53 Å². The quantitative estimate of drug-likeness (QED) is 0.734. The predicted octanol–water partition coefficient (Wildman–Crippen LogP) is 3.05. The van der Waals surface area contributed by atoms with Crippen molar-refractivity contribution >= 4 is 5.78 Å². The summed E-state index contributed by atoms with van der Waals surface area (Å²) in [6.45, 7) is 6.34. The summed E-state index contributed by atoms with van der Waals surface area (Å²) < 4.78 is 7.36. The second-order valence-corrected chi connectivity index (χ2v) is 4.83. The van der Waals surface area contributed by atoms with Gasteiger partial charge < -0.3 is 4.74 Å². The summed E-state index contributed by atoms with van der Waals surface area (Å²) in [7, 11) is 0. The zero-order valence-electron chi connectivity index (χ0n) is 12.7. The molecule has 0 atom stereocenters. The molecule has 2 rings (SSSR count). The van der Waals surface area contributed by atoms with Crippen LogP contribution in [0.3, 0.4) is 0 Å². The Bertz CT molecular complexity index is 589. The van der Waals surface area contributed by atoms with Crippen LogP contribution in [0.1, 0.15) is 44.1 Å². The highest BCUT2D eigenvalue weighted by atomic mass is 16.5. The molecule has 0 aliphatic rings. The molecule has 0 aliphatic heterocycles. The van der Waals surface area contributed by atoms with Gasteiger partial charge in [-0.3, -0.25) is 4.79 Å². The molecule has 5 nitrogen and oxygen atoms in total. The summed E-state index contributed by atoms with van der Waals surface area (Å²) in [4.78, 5) is 12.9. The van der Waals surface area contributed by atoms with E-state index in [1.807, 2.05) is 51.1 Å². The standard InChI is InChI=1S/C16H21N3O2/c1-4-16(5-2,21-6-3)15(20)14-12-17-18-19(14)13-10-8-7-9-11-13/h7-12H,4-6H2,1-3H3. The average molecular weight is 287 g/mol. The predicted molar refractivity (Wildman–Crippen MR) is 80.6 cm³/mol. The van der Waals surface area contributed by atoms with Crippen LogP contribution in [0.15, 0.2) is 36.5 Å². The van der Waals surface area contributed by atoms with Gasteiger partial charge in [-0.25, -0.2) is 4.68 Å². The SMILES string of the molecule is CCOC(CC)(CC)C(=O)c1cnnn1-c1ccccc1. The molecule has 0 radical (unpaired) electrons. The molecule has 0 saturated carbocycles. The Morgan fingerprint density at radius 2 is 1.86 bits per heavy atom. The fraction of sp³-hybridized carbons (Fsp3) is 0.438.